The average molecular weight is 324 g/mol. The molecule has 1 aromatic carbocycles. The zero-order valence-electron chi connectivity index (χ0n) is 11.2. The van der Waals surface area contributed by atoms with E-state index in [1.165, 1.54) is 24.2 Å². The summed E-state index contributed by atoms with van der Waals surface area (Å²) in [4.78, 5) is 14.1. The van der Waals surface area contributed by atoms with Crippen molar-refractivity contribution in [2.24, 2.45) is 0 Å². The Balaban J connectivity index is 1.61. The van der Waals surface area contributed by atoms with Gasteiger partial charge in [0, 0.05) is 13.1 Å². The summed E-state index contributed by atoms with van der Waals surface area (Å²) in [7, 11) is 0. The lowest BCUT2D eigenvalue weighted by molar-refractivity contribution is 0.262. The van der Waals surface area contributed by atoms with Gasteiger partial charge in [-0.15, -0.1) is 10.2 Å². The summed E-state index contributed by atoms with van der Waals surface area (Å²) < 4.78 is 0. The number of urea groups is 1. The van der Waals surface area contributed by atoms with Gasteiger partial charge in [-0.3, -0.25) is 5.32 Å². The quantitative estimate of drug-likeness (QED) is 0.907. The molecular weight excluding hydrogens is 310 g/mol. The first-order valence-corrected chi connectivity index (χ1v) is 7.83. The highest BCUT2D eigenvalue weighted by atomic mass is 35.5. The van der Waals surface area contributed by atoms with Crippen LogP contribution < -0.4 is 15.5 Å². The van der Waals surface area contributed by atoms with Crippen molar-refractivity contribution in [3.8, 4) is 0 Å². The van der Waals surface area contributed by atoms with Crippen LogP contribution in [0.25, 0.3) is 0 Å². The molecule has 2 heterocycles. The highest BCUT2D eigenvalue weighted by molar-refractivity contribution is 7.19. The van der Waals surface area contributed by atoms with Gasteiger partial charge in [0.05, 0.1) is 10.7 Å². The molecular formula is C13H14ClN5OS. The minimum absolute atomic E-state index is 0.382. The van der Waals surface area contributed by atoms with Gasteiger partial charge in [-0.05, 0) is 25.0 Å². The number of aromatic nitrogens is 2. The molecule has 2 N–H and O–H groups in total. The Bertz CT molecular complexity index is 641. The van der Waals surface area contributed by atoms with E-state index in [0.717, 1.165) is 18.2 Å². The third kappa shape index (κ3) is 3.43. The van der Waals surface area contributed by atoms with Crippen LogP contribution in [0.3, 0.4) is 0 Å². The topological polar surface area (TPSA) is 70.2 Å². The maximum absolute atomic E-state index is 11.9. The summed E-state index contributed by atoms with van der Waals surface area (Å²) in [5.74, 6) is 0. The molecule has 1 fully saturated rings. The molecule has 2 aromatic rings. The molecule has 3 rings (SSSR count). The summed E-state index contributed by atoms with van der Waals surface area (Å²) in [6.07, 6.45) is 2.35. The van der Waals surface area contributed by atoms with Crippen molar-refractivity contribution in [2.45, 2.75) is 12.8 Å². The maximum Gasteiger partial charge on any atom is 0.325 e. The molecule has 8 heteroatoms. The molecule has 6 nitrogen and oxygen atoms in total. The van der Waals surface area contributed by atoms with Gasteiger partial charge in [-0.1, -0.05) is 35.1 Å². The van der Waals surface area contributed by atoms with Gasteiger partial charge in [0.1, 0.15) is 0 Å². The van der Waals surface area contributed by atoms with E-state index in [4.69, 9.17) is 11.6 Å². The second-order valence-corrected chi connectivity index (χ2v) is 6.01. The van der Waals surface area contributed by atoms with Gasteiger partial charge in [0.15, 0.2) is 0 Å². The summed E-state index contributed by atoms with van der Waals surface area (Å²) in [6, 6.07) is 6.68. The molecule has 0 atom stereocenters. The predicted octanol–water partition coefficient (Wildman–Crippen LogP) is 3.44. The van der Waals surface area contributed by atoms with Crippen LogP contribution in [-0.2, 0) is 0 Å². The summed E-state index contributed by atoms with van der Waals surface area (Å²) >= 11 is 7.36. The van der Waals surface area contributed by atoms with Gasteiger partial charge >= 0.3 is 6.03 Å². The number of para-hydroxylation sites is 1. The van der Waals surface area contributed by atoms with Crippen LogP contribution in [-0.4, -0.2) is 29.3 Å². The van der Waals surface area contributed by atoms with E-state index in [-0.39, 0.29) is 6.03 Å². The number of nitrogens with zero attached hydrogens (tertiary/aromatic N) is 3. The number of carbonyl (C=O) groups is 1. The lowest BCUT2D eigenvalue weighted by Gasteiger charge is -2.11. The lowest BCUT2D eigenvalue weighted by atomic mass is 10.3. The maximum atomic E-state index is 11.9. The van der Waals surface area contributed by atoms with Gasteiger partial charge in [0.25, 0.3) is 0 Å². The standard InChI is InChI=1S/C13H14ClN5OS/c14-9-5-1-2-6-10(9)15-11(20)16-12-17-18-13(21-12)19-7-3-4-8-19/h1-2,5-6H,3-4,7-8H2,(H2,15,16,17,20). The minimum atomic E-state index is -0.382. The van der Waals surface area contributed by atoms with E-state index >= 15 is 0 Å². The zero-order chi connectivity index (χ0) is 14.7. The van der Waals surface area contributed by atoms with E-state index in [1.807, 2.05) is 0 Å². The second kappa shape index (κ2) is 6.28. The Morgan fingerprint density at radius 2 is 1.95 bits per heavy atom. The summed E-state index contributed by atoms with van der Waals surface area (Å²) in [5.41, 5.74) is 0.556. The van der Waals surface area contributed by atoms with Crippen LogP contribution in [0.15, 0.2) is 24.3 Å². The molecule has 1 aromatic heterocycles. The number of halogens is 1. The molecule has 0 saturated carbocycles. The second-order valence-electron chi connectivity index (χ2n) is 4.64. The number of carbonyl (C=O) groups excluding carboxylic acids is 1. The number of rotatable bonds is 3. The number of benzene rings is 1. The van der Waals surface area contributed by atoms with Gasteiger partial charge in [0.2, 0.25) is 10.3 Å². The van der Waals surface area contributed by atoms with E-state index in [9.17, 15) is 4.79 Å². The summed E-state index contributed by atoms with van der Waals surface area (Å²) in [6.45, 7) is 2.00. The fourth-order valence-corrected chi connectivity index (χ4v) is 3.09. The Labute approximate surface area is 131 Å². The first kappa shape index (κ1) is 14.1. The molecule has 1 aliphatic heterocycles. The highest BCUT2D eigenvalue weighted by Gasteiger charge is 2.17. The number of nitrogens with one attached hydrogen (secondary N) is 2. The number of anilines is 3. The third-order valence-electron chi connectivity index (χ3n) is 3.13. The first-order valence-electron chi connectivity index (χ1n) is 6.63. The monoisotopic (exact) mass is 323 g/mol. The third-order valence-corrected chi connectivity index (χ3v) is 4.36. The van der Waals surface area contributed by atoms with Gasteiger partial charge in [-0.2, -0.15) is 0 Å². The molecule has 2 amide bonds. The molecule has 21 heavy (non-hydrogen) atoms. The van der Waals surface area contributed by atoms with Gasteiger partial charge in [-0.25, -0.2) is 4.79 Å². The van der Waals surface area contributed by atoms with Crippen molar-refractivity contribution in [1.29, 1.82) is 0 Å². The van der Waals surface area contributed by atoms with E-state index in [0.29, 0.717) is 15.8 Å². The fraction of sp³-hybridized carbons (Fsp3) is 0.308. The largest absolute Gasteiger partial charge is 0.347 e. The fourth-order valence-electron chi connectivity index (χ4n) is 2.12. The van der Waals surface area contributed by atoms with Crippen LogP contribution in [0.5, 0.6) is 0 Å². The van der Waals surface area contributed by atoms with E-state index in [2.05, 4.69) is 25.7 Å². The number of hydrogen-bond donors (Lipinski definition) is 2. The Morgan fingerprint density at radius 3 is 2.71 bits per heavy atom. The highest BCUT2D eigenvalue weighted by Crippen LogP contribution is 2.27. The van der Waals surface area contributed by atoms with Crippen molar-refractivity contribution < 1.29 is 4.79 Å². The van der Waals surface area contributed by atoms with Crippen molar-refractivity contribution in [3.05, 3.63) is 29.3 Å². The van der Waals surface area contributed by atoms with E-state index in [1.54, 1.807) is 24.3 Å². The Kier molecular flexibility index (Phi) is 4.21. The van der Waals surface area contributed by atoms with Crippen LogP contribution in [0.2, 0.25) is 5.02 Å². The summed E-state index contributed by atoms with van der Waals surface area (Å²) in [5, 5.41) is 15.3. The van der Waals surface area contributed by atoms with Crippen LogP contribution in [0.4, 0.5) is 20.7 Å². The molecule has 0 aliphatic carbocycles. The van der Waals surface area contributed by atoms with Crippen molar-refractivity contribution in [2.75, 3.05) is 28.6 Å². The van der Waals surface area contributed by atoms with Crippen molar-refractivity contribution >= 4 is 44.9 Å². The van der Waals surface area contributed by atoms with Crippen molar-refractivity contribution in [3.63, 3.8) is 0 Å². The van der Waals surface area contributed by atoms with Crippen LogP contribution in [0, 0.1) is 0 Å². The molecule has 110 valence electrons. The molecule has 0 spiro atoms. The van der Waals surface area contributed by atoms with E-state index < -0.39 is 0 Å². The van der Waals surface area contributed by atoms with Crippen LogP contribution in [0.1, 0.15) is 12.8 Å². The Hall–Kier alpha value is -1.86. The molecule has 1 saturated heterocycles. The smallest absolute Gasteiger partial charge is 0.325 e. The van der Waals surface area contributed by atoms with Gasteiger partial charge < -0.3 is 10.2 Å². The molecule has 1 aliphatic rings. The first-order chi connectivity index (χ1) is 10.2. The van der Waals surface area contributed by atoms with Crippen LogP contribution >= 0.6 is 22.9 Å². The average Bonchev–Trinajstić information content (AvgIpc) is 3.12. The normalized spacial score (nSPS) is 14.2. The molecule has 0 bridgehead atoms. The SMILES string of the molecule is O=C(Nc1nnc(N2CCCC2)s1)Nc1ccccc1Cl. The molecule has 0 unspecified atom stereocenters. The number of hydrogen-bond acceptors (Lipinski definition) is 5. The zero-order valence-corrected chi connectivity index (χ0v) is 12.7. The Morgan fingerprint density at radius 1 is 1.19 bits per heavy atom. The minimum Gasteiger partial charge on any atom is -0.347 e. The molecule has 0 radical (unpaired) electrons. The van der Waals surface area contributed by atoms with Crippen molar-refractivity contribution in [1.82, 2.24) is 10.2 Å². The predicted molar refractivity (Wildman–Crippen MR) is 85.4 cm³/mol. The lowest BCUT2D eigenvalue weighted by Crippen LogP contribution is -2.19. The number of amides is 2.